The molecule has 2 aromatic carbocycles. The van der Waals surface area contributed by atoms with Gasteiger partial charge in [-0.3, -0.25) is 14.5 Å². The van der Waals surface area contributed by atoms with Gasteiger partial charge < -0.3 is 4.74 Å². The lowest BCUT2D eigenvalue weighted by atomic mass is 9.94. The van der Waals surface area contributed by atoms with Crippen LogP contribution in [0, 0.1) is 11.3 Å². The summed E-state index contributed by atoms with van der Waals surface area (Å²) in [5, 5.41) is 9.18. The molecule has 0 aromatic heterocycles. The predicted octanol–water partition coefficient (Wildman–Crippen LogP) is 3.91. The fourth-order valence-corrected chi connectivity index (χ4v) is 6.19. The van der Waals surface area contributed by atoms with E-state index in [4.69, 9.17) is 0 Å². The smallest absolute Gasteiger partial charge is 0.343 e. The number of carbonyl (C=O) groups excluding carboxylic acids is 3. The van der Waals surface area contributed by atoms with E-state index in [9.17, 15) is 32.5 Å². The molecule has 9 nitrogen and oxygen atoms in total. The number of amides is 2. The molecule has 4 rings (SSSR count). The van der Waals surface area contributed by atoms with Crippen LogP contribution < -0.4 is 4.90 Å². The van der Waals surface area contributed by atoms with Gasteiger partial charge in [0.15, 0.2) is 5.78 Å². The van der Waals surface area contributed by atoms with Gasteiger partial charge >= 0.3 is 12.0 Å². The van der Waals surface area contributed by atoms with Crippen LogP contribution in [0.1, 0.15) is 48.4 Å². The van der Waals surface area contributed by atoms with Crippen LogP contribution in [0.4, 0.5) is 14.9 Å². The Morgan fingerprint density at radius 1 is 1.16 bits per heavy atom. The molecule has 1 aliphatic heterocycles. The molecule has 0 bridgehead atoms. The van der Waals surface area contributed by atoms with Crippen LogP contribution in [0.5, 0.6) is 0 Å². The Labute approximate surface area is 213 Å². The third kappa shape index (κ3) is 4.97. The number of alkyl halides is 1. The van der Waals surface area contributed by atoms with E-state index in [-0.39, 0.29) is 42.7 Å². The highest BCUT2D eigenvalue weighted by molar-refractivity contribution is 7.89. The number of hydrogen-bond acceptors (Lipinski definition) is 7. The minimum atomic E-state index is -4.36. The summed E-state index contributed by atoms with van der Waals surface area (Å²) in [6.07, 6.45) is 0.0213. The average molecular weight is 526 g/mol. The van der Waals surface area contributed by atoms with Gasteiger partial charge in [-0.2, -0.15) is 5.26 Å². The highest BCUT2D eigenvalue weighted by Crippen LogP contribution is 2.46. The van der Waals surface area contributed by atoms with Crippen molar-refractivity contribution in [1.82, 2.24) is 4.31 Å². The normalized spacial score (nSPS) is 17.6. The molecular weight excluding hydrogens is 501 g/mol. The van der Waals surface area contributed by atoms with Gasteiger partial charge in [0.25, 0.3) is 0 Å². The Balaban J connectivity index is 1.88. The number of halogens is 1. The lowest BCUT2D eigenvalue weighted by Gasteiger charge is -2.41. The van der Waals surface area contributed by atoms with Crippen molar-refractivity contribution in [2.75, 3.05) is 17.8 Å². The summed E-state index contributed by atoms with van der Waals surface area (Å²) in [4.78, 5) is 39.8. The van der Waals surface area contributed by atoms with Gasteiger partial charge in [-0.15, -0.1) is 0 Å². The molecular formula is C26H24FN3O6S. The van der Waals surface area contributed by atoms with Crippen molar-refractivity contribution in [3.05, 3.63) is 76.5 Å². The molecule has 2 aromatic rings. The maximum absolute atomic E-state index is 14.0. The zero-order chi connectivity index (χ0) is 26.7. The van der Waals surface area contributed by atoms with Crippen molar-refractivity contribution >= 4 is 33.5 Å². The SMILES string of the molecule is COC(=O)CCCS(=O)(=O)N1C(=O)N(c2cccc(CF)c2)C2=C(C(=O)CC2)C1c1ccc(C#N)cc1. The number of urea groups is 1. The molecule has 192 valence electrons. The number of rotatable bonds is 8. The Kier molecular flexibility index (Phi) is 7.40. The monoisotopic (exact) mass is 525 g/mol. The number of Topliss-reactive ketones (excluding diaryl/α,β-unsaturated/α-hetero) is 1. The second-order valence-corrected chi connectivity index (χ2v) is 10.6. The number of ether oxygens (including phenoxy) is 1. The van der Waals surface area contributed by atoms with E-state index < -0.39 is 40.5 Å². The number of benzene rings is 2. The number of anilines is 1. The minimum Gasteiger partial charge on any atom is -0.469 e. The molecule has 0 fully saturated rings. The van der Waals surface area contributed by atoms with Crippen molar-refractivity contribution < 1.29 is 31.9 Å². The van der Waals surface area contributed by atoms with Gasteiger partial charge in [0, 0.05) is 24.1 Å². The van der Waals surface area contributed by atoms with Crippen LogP contribution in [-0.2, 0) is 31.0 Å². The molecule has 2 amide bonds. The molecule has 0 spiro atoms. The number of carbonyl (C=O) groups is 3. The summed E-state index contributed by atoms with van der Waals surface area (Å²) >= 11 is 0. The van der Waals surface area contributed by atoms with Gasteiger partial charge in [0.05, 0.1) is 30.2 Å². The van der Waals surface area contributed by atoms with Crippen LogP contribution in [-0.4, -0.2) is 43.4 Å². The third-order valence-electron chi connectivity index (χ3n) is 6.35. The molecule has 0 radical (unpaired) electrons. The second kappa shape index (κ2) is 10.5. The highest BCUT2D eigenvalue weighted by atomic mass is 32.2. The zero-order valence-electron chi connectivity index (χ0n) is 20.0. The molecule has 11 heteroatoms. The number of esters is 1. The van der Waals surface area contributed by atoms with Crippen molar-refractivity contribution in [3.63, 3.8) is 0 Å². The first kappa shape index (κ1) is 26.0. The topological polar surface area (TPSA) is 125 Å². The van der Waals surface area contributed by atoms with Crippen LogP contribution in [0.3, 0.4) is 0 Å². The lowest BCUT2D eigenvalue weighted by molar-refractivity contribution is -0.140. The summed E-state index contributed by atoms with van der Waals surface area (Å²) < 4.78 is 46.0. The number of nitriles is 1. The molecule has 1 atom stereocenters. The fraction of sp³-hybridized carbons (Fsp3) is 0.308. The summed E-state index contributed by atoms with van der Waals surface area (Å²) in [5.74, 6) is -1.45. The van der Waals surface area contributed by atoms with Gasteiger partial charge in [-0.1, -0.05) is 24.3 Å². The number of nitrogens with zero attached hydrogens (tertiary/aromatic N) is 3. The standard InChI is InChI=1S/C26H24FN3O6S/c1-36-23(32)6-3-13-37(34,35)30-25(19-9-7-17(16-28)8-10-19)24-21(11-12-22(24)31)29(26(30)33)20-5-2-4-18(14-20)15-27/h2,4-5,7-10,14,25H,3,6,11-13,15H2,1H3. The number of ketones is 1. The van der Waals surface area contributed by atoms with E-state index in [1.54, 1.807) is 12.1 Å². The number of sulfonamides is 1. The summed E-state index contributed by atoms with van der Waals surface area (Å²) in [7, 11) is -3.17. The largest absolute Gasteiger partial charge is 0.469 e. The van der Waals surface area contributed by atoms with E-state index in [2.05, 4.69) is 4.74 Å². The number of allylic oxidation sites excluding steroid dienone is 1. The summed E-state index contributed by atoms with van der Waals surface area (Å²) in [6, 6.07) is 11.9. The lowest BCUT2D eigenvalue weighted by Crippen LogP contribution is -2.53. The van der Waals surface area contributed by atoms with Crippen molar-refractivity contribution in [2.45, 2.75) is 38.4 Å². The highest BCUT2D eigenvalue weighted by Gasteiger charge is 2.50. The van der Waals surface area contributed by atoms with Crippen molar-refractivity contribution in [1.29, 1.82) is 5.26 Å². The maximum Gasteiger partial charge on any atom is 0.343 e. The fourth-order valence-electron chi connectivity index (χ4n) is 4.61. The number of hydrogen-bond donors (Lipinski definition) is 0. The summed E-state index contributed by atoms with van der Waals surface area (Å²) in [6.45, 7) is -0.788. The predicted molar refractivity (Wildman–Crippen MR) is 131 cm³/mol. The maximum atomic E-state index is 14.0. The molecule has 2 aliphatic rings. The van der Waals surface area contributed by atoms with Crippen molar-refractivity contribution in [3.8, 4) is 6.07 Å². The molecule has 1 unspecified atom stereocenters. The quantitative estimate of drug-likeness (QED) is 0.479. The van der Waals surface area contributed by atoms with E-state index in [1.165, 1.54) is 43.5 Å². The summed E-state index contributed by atoms with van der Waals surface area (Å²) in [5.41, 5.74) is 1.74. The molecule has 1 heterocycles. The van der Waals surface area contributed by atoms with Gasteiger partial charge in [0.1, 0.15) is 12.7 Å². The van der Waals surface area contributed by atoms with Crippen LogP contribution in [0.15, 0.2) is 59.8 Å². The molecule has 0 saturated carbocycles. The van der Waals surface area contributed by atoms with E-state index >= 15 is 0 Å². The van der Waals surface area contributed by atoms with E-state index in [0.717, 1.165) is 4.90 Å². The zero-order valence-corrected chi connectivity index (χ0v) is 20.8. The van der Waals surface area contributed by atoms with E-state index in [1.807, 2.05) is 6.07 Å². The molecule has 0 N–H and O–H groups in total. The van der Waals surface area contributed by atoms with Crippen LogP contribution in [0.2, 0.25) is 0 Å². The van der Waals surface area contributed by atoms with E-state index in [0.29, 0.717) is 26.7 Å². The van der Waals surface area contributed by atoms with Crippen molar-refractivity contribution in [2.24, 2.45) is 0 Å². The number of methoxy groups -OCH3 is 1. The molecule has 1 aliphatic carbocycles. The van der Waals surface area contributed by atoms with Crippen LogP contribution >= 0.6 is 0 Å². The Bertz CT molecular complexity index is 1430. The minimum absolute atomic E-state index is 0.0836. The molecule has 0 saturated heterocycles. The van der Waals surface area contributed by atoms with Crippen LogP contribution in [0.25, 0.3) is 0 Å². The average Bonchev–Trinajstić information content (AvgIpc) is 3.28. The second-order valence-electron chi connectivity index (χ2n) is 8.63. The first-order valence-corrected chi connectivity index (χ1v) is 13.2. The third-order valence-corrected chi connectivity index (χ3v) is 8.12. The van der Waals surface area contributed by atoms with Gasteiger partial charge in [-0.25, -0.2) is 21.9 Å². The first-order chi connectivity index (χ1) is 17.7. The first-order valence-electron chi connectivity index (χ1n) is 11.6. The Morgan fingerprint density at radius 3 is 2.54 bits per heavy atom. The van der Waals surface area contributed by atoms with Gasteiger partial charge in [-0.05, 0) is 48.2 Å². The molecule has 37 heavy (non-hydrogen) atoms. The van der Waals surface area contributed by atoms with Gasteiger partial charge in [0.2, 0.25) is 10.0 Å². The Morgan fingerprint density at radius 2 is 1.89 bits per heavy atom. The Hall–Kier alpha value is -4.04.